The highest BCUT2D eigenvalue weighted by molar-refractivity contribution is 9.10. The number of aliphatic hydroxyl groups is 1. The van der Waals surface area contributed by atoms with Gasteiger partial charge in [-0.1, -0.05) is 34.1 Å². The van der Waals surface area contributed by atoms with Gasteiger partial charge in [0.2, 0.25) is 0 Å². The lowest BCUT2D eigenvalue weighted by atomic mass is 9.95. The average Bonchev–Trinajstić information content (AvgIpc) is 2.80. The monoisotopic (exact) mass is 332 g/mol. The fourth-order valence-corrected chi connectivity index (χ4v) is 3.09. The van der Waals surface area contributed by atoms with E-state index in [1.807, 2.05) is 37.3 Å². The molecule has 0 aliphatic carbocycles. The van der Waals surface area contributed by atoms with Crippen LogP contribution in [0.25, 0.3) is 0 Å². The largest absolute Gasteiger partial charge is 0.490 e. The van der Waals surface area contributed by atoms with Crippen molar-refractivity contribution in [2.45, 2.75) is 32.5 Å². The Morgan fingerprint density at radius 1 is 1.30 bits per heavy atom. The van der Waals surface area contributed by atoms with Crippen LogP contribution in [0.3, 0.4) is 0 Å². The van der Waals surface area contributed by atoms with E-state index in [-0.39, 0.29) is 6.10 Å². The van der Waals surface area contributed by atoms with Crippen LogP contribution in [0.5, 0.6) is 5.75 Å². The molecule has 3 rings (SSSR count). The second-order valence-electron chi connectivity index (χ2n) is 5.36. The van der Waals surface area contributed by atoms with Gasteiger partial charge in [0.1, 0.15) is 18.0 Å². The van der Waals surface area contributed by atoms with Crippen LogP contribution in [0, 0.1) is 6.92 Å². The molecule has 2 nitrogen and oxygen atoms in total. The molecule has 1 aliphatic heterocycles. The summed E-state index contributed by atoms with van der Waals surface area (Å²) < 4.78 is 6.72. The fraction of sp³-hybridized carbons (Fsp3) is 0.294. The molecule has 0 amide bonds. The molecule has 0 fully saturated rings. The number of ether oxygens (including phenoxy) is 1. The SMILES string of the molecule is Cc1c(Br)cccc1C(O)c1ccc2c(c1)CC(C)O2. The van der Waals surface area contributed by atoms with E-state index in [1.165, 1.54) is 5.56 Å². The number of aliphatic hydroxyl groups excluding tert-OH is 1. The zero-order valence-corrected chi connectivity index (χ0v) is 13.1. The average molecular weight is 333 g/mol. The van der Waals surface area contributed by atoms with Crippen LogP contribution in [0.15, 0.2) is 40.9 Å². The first kappa shape index (κ1) is 13.7. The molecule has 0 saturated heterocycles. The van der Waals surface area contributed by atoms with Gasteiger partial charge < -0.3 is 9.84 Å². The van der Waals surface area contributed by atoms with Gasteiger partial charge in [0, 0.05) is 10.9 Å². The maximum absolute atomic E-state index is 10.6. The molecule has 0 spiro atoms. The predicted octanol–water partition coefficient (Wildman–Crippen LogP) is 4.16. The maximum atomic E-state index is 10.6. The summed E-state index contributed by atoms with van der Waals surface area (Å²) in [6.45, 7) is 4.08. The number of benzene rings is 2. The fourth-order valence-electron chi connectivity index (χ4n) is 2.71. The van der Waals surface area contributed by atoms with Gasteiger partial charge >= 0.3 is 0 Å². The van der Waals surface area contributed by atoms with E-state index in [1.54, 1.807) is 0 Å². The van der Waals surface area contributed by atoms with E-state index in [9.17, 15) is 5.11 Å². The smallest absolute Gasteiger partial charge is 0.123 e. The Morgan fingerprint density at radius 2 is 2.10 bits per heavy atom. The van der Waals surface area contributed by atoms with Gasteiger partial charge in [-0.05, 0) is 54.3 Å². The highest BCUT2D eigenvalue weighted by Crippen LogP contribution is 2.34. The molecule has 2 aromatic rings. The van der Waals surface area contributed by atoms with Gasteiger partial charge in [-0.3, -0.25) is 0 Å². The minimum Gasteiger partial charge on any atom is -0.490 e. The van der Waals surface area contributed by atoms with Crippen molar-refractivity contribution in [3.05, 3.63) is 63.1 Å². The van der Waals surface area contributed by atoms with Crippen molar-refractivity contribution in [2.24, 2.45) is 0 Å². The quantitative estimate of drug-likeness (QED) is 0.894. The van der Waals surface area contributed by atoms with Crippen molar-refractivity contribution in [1.29, 1.82) is 0 Å². The van der Waals surface area contributed by atoms with Crippen LogP contribution in [0.1, 0.15) is 35.3 Å². The Hall–Kier alpha value is -1.32. The minimum absolute atomic E-state index is 0.227. The van der Waals surface area contributed by atoms with Crippen LogP contribution in [0.4, 0.5) is 0 Å². The third kappa shape index (κ3) is 2.36. The first-order valence-electron chi connectivity index (χ1n) is 6.79. The van der Waals surface area contributed by atoms with Crippen LogP contribution < -0.4 is 4.74 Å². The van der Waals surface area contributed by atoms with Crippen molar-refractivity contribution in [3.8, 4) is 5.75 Å². The van der Waals surface area contributed by atoms with Gasteiger partial charge in [0.15, 0.2) is 0 Å². The van der Waals surface area contributed by atoms with E-state index in [0.29, 0.717) is 0 Å². The zero-order valence-electron chi connectivity index (χ0n) is 11.6. The van der Waals surface area contributed by atoms with Crippen LogP contribution in [0.2, 0.25) is 0 Å². The van der Waals surface area contributed by atoms with Crippen LogP contribution >= 0.6 is 15.9 Å². The summed E-state index contributed by atoms with van der Waals surface area (Å²) in [6, 6.07) is 11.9. The summed E-state index contributed by atoms with van der Waals surface area (Å²) in [5.41, 5.74) is 4.11. The lowest BCUT2D eigenvalue weighted by Gasteiger charge is -2.16. The third-order valence-corrected chi connectivity index (χ3v) is 4.70. The number of hydrogen-bond donors (Lipinski definition) is 1. The molecule has 0 saturated carbocycles. The number of rotatable bonds is 2. The predicted molar refractivity (Wildman–Crippen MR) is 83.2 cm³/mol. The maximum Gasteiger partial charge on any atom is 0.123 e. The summed E-state index contributed by atoms with van der Waals surface area (Å²) in [5.74, 6) is 0.944. The highest BCUT2D eigenvalue weighted by Gasteiger charge is 2.21. The van der Waals surface area contributed by atoms with Gasteiger partial charge in [0.25, 0.3) is 0 Å². The Bertz CT molecular complexity index is 651. The Morgan fingerprint density at radius 3 is 2.90 bits per heavy atom. The van der Waals surface area contributed by atoms with Crippen LogP contribution in [-0.2, 0) is 6.42 Å². The molecule has 104 valence electrons. The Balaban J connectivity index is 1.97. The molecule has 1 aliphatic rings. The Labute approximate surface area is 127 Å². The van der Waals surface area contributed by atoms with Gasteiger partial charge in [-0.25, -0.2) is 0 Å². The number of fused-ring (bicyclic) bond motifs is 1. The second kappa shape index (κ2) is 5.23. The lowest BCUT2D eigenvalue weighted by Crippen LogP contribution is -2.05. The van der Waals surface area contributed by atoms with Gasteiger partial charge in [0.05, 0.1) is 0 Å². The first-order valence-corrected chi connectivity index (χ1v) is 7.58. The van der Waals surface area contributed by atoms with E-state index < -0.39 is 6.10 Å². The minimum atomic E-state index is -0.603. The summed E-state index contributed by atoms with van der Waals surface area (Å²) >= 11 is 3.51. The molecule has 2 aromatic carbocycles. The molecule has 0 radical (unpaired) electrons. The van der Waals surface area contributed by atoms with Crippen molar-refractivity contribution in [1.82, 2.24) is 0 Å². The van der Waals surface area contributed by atoms with Gasteiger partial charge in [-0.15, -0.1) is 0 Å². The number of hydrogen-bond acceptors (Lipinski definition) is 2. The lowest BCUT2D eigenvalue weighted by molar-refractivity contribution is 0.219. The molecule has 1 heterocycles. The van der Waals surface area contributed by atoms with Crippen molar-refractivity contribution in [3.63, 3.8) is 0 Å². The topological polar surface area (TPSA) is 29.5 Å². The van der Waals surface area contributed by atoms with Gasteiger partial charge in [-0.2, -0.15) is 0 Å². The van der Waals surface area contributed by atoms with Crippen LogP contribution in [-0.4, -0.2) is 11.2 Å². The van der Waals surface area contributed by atoms with Crippen molar-refractivity contribution in [2.75, 3.05) is 0 Å². The summed E-state index contributed by atoms with van der Waals surface area (Å²) in [4.78, 5) is 0. The molecular weight excluding hydrogens is 316 g/mol. The Kier molecular flexibility index (Phi) is 3.57. The molecule has 2 unspecified atom stereocenters. The first-order chi connectivity index (χ1) is 9.56. The summed E-state index contributed by atoms with van der Waals surface area (Å²) in [5, 5.41) is 10.6. The standard InChI is InChI=1S/C17H17BrO2/c1-10-8-13-9-12(6-7-16(13)20-10)17(19)14-4-3-5-15(18)11(14)2/h3-7,9-10,17,19H,8H2,1-2H3. The molecule has 2 atom stereocenters. The molecule has 20 heavy (non-hydrogen) atoms. The van der Waals surface area contributed by atoms with E-state index in [4.69, 9.17) is 4.74 Å². The zero-order chi connectivity index (χ0) is 14.3. The third-order valence-electron chi connectivity index (χ3n) is 3.84. The summed E-state index contributed by atoms with van der Waals surface area (Å²) in [7, 11) is 0. The molecule has 1 N–H and O–H groups in total. The normalized spacial score (nSPS) is 18.5. The van der Waals surface area contributed by atoms with E-state index in [2.05, 4.69) is 28.9 Å². The highest BCUT2D eigenvalue weighted by atomic mass is 79.9. The second-order valence-corrected chi connectivity index (χ2v) is 6.21. The van der Waals surface area contributed by atoms with E-state index in [0.717, 1.165) is 33.3 Å². The molecule has 0 bridgehead atoms. The number of halogens is 1. The van der Waals surface area contributed by atoms with Crippen molar-refractivity contribution >= 4 is 15.9 Å². The molecule has 0 aromatic heterocycles. The van der Waals surface area contributed by atoms with E-state index >= 15 is 0 Å². The molecular formula is C17H17BrO2. The summed E-state index contributed by atoms with van der Waals surface area (Å²) in [6.07, 6.45) is 0.534. The molecule has 3 heteroatoms. The van der Waals surface area contributed by atoms with Crippen molar-refractivity contribution < 1.29 is 9.84 Å².